The summed E-state index contributed by atoms with van der Waals surface area (Å²) in [5, 5.41) is 3.88. The Hall–Kier alpha value is -1.94. The number of fused-ring (bicyclic) bond motifs is 1. The number of amides is 1. The van der Waals surface area contributed by atoms with Gasteiger partial charge in [0.25, 0.3) is 5.91 Å². The van der Waals surface area contributed by atoms with Gasteiger partial charge in [0.05, 0.1) is 11.1 Å². The van der Waals surface area contributed by atoms with E-state index in [0.29, 0.717) is 18.0 Å². The van der Waals surface area contributed by atoms with Crippen LogP contribution >= 0.6 is 0 Å². The zero-order chi connectivity index (χ0) is 13.2. The lowest BCUT2D eigenvalue weighted by Gasteiger charge is -2.12. The van der Waals surface area contributed by atoms with Gasteiger partial charge in [0.2, 0.25) is 0 Å². The number of carbonyl (C=O) groups is 1. The molecule has 98 valence electrons. The first-order chi connectivity index (χ1) is 9.25. The molecule has 0 aliphatic heterocycles. The van der Waals surface area contributed by atoms with E-state index in [9.17, 15) is 4.79 Å². The lowest BCUT2D eigenvalue weighted by Crippen LogP contribution is -2.38. The van der Waals surface area contributed by atoms with Gasteiger partial charge < -0.3 is 11.1 Å². The molecule has 0 saturated heterocycles. The molecule has 0 bridgehead atoms. The molecule has 0 spiro atoms. The van der Waals surface area contributed by atoms with Crippen molar-refractivity contribution in [1.82, 2.24) is 10.3 Å². The molecule has 3 N–H and O–H groups in total. The van der Waals surface area contributed by atoms with Crippen molar-refractivity contribution in [3.63, 3.8) is 0 Å². The highest BCUT2D eigenvalue weighted by Gasteiger charge is 2.28. The number of para-hydroxylation sites is 1. The Balaban J connectivity index is 1.77. The van der Waals surface area contributed by atoms with E-state index in [1.807, 2.05) is 24.3 Å². The zero-order valence-corrected chi connectivity index (χ0v) is 10.7. The average Bonchev–Trinajstić information content (AvgIpc) is 3.28. The van der Waals surface area contributed by atoms with E-state index in [4.69, 9.17) is 5.73 Å². The van der Waals surface area contributed by atoms with Gasteiger partial charge in [-0.05, 0) is 30.9 Å². The Kier molecular flexibility index (Phi) is 3.17. The minimum Gasteiger partial charge on any atom is -0.350 e. The number of nitrogens with two attached hydrogens (primary N) is 1. The number of hydrogen-bond acceptors (Lipinski definition) is 3. The first-order valence-corrected chi connectivity index (χ1v) is 6.63. The van der Waals surface area contributed by atoms with Crippen LogP contribution in [0.15, 0.2) is 36.5 Å². The smallest absolute Gasteiger partial charge is 0.253 e. The van der Waals surface area contributed by atoms with Gasteiger partial charge in [0.1, 0.15) is 0 Å². The molecule has 1 aromatic carbocycles. The van der Waals surface area contributed by atoms with E-state index in [0.717, 1.165) is 10.9 Å². The van der Waals surface area contributed by atoms with Gasteiger partial charge in [0, 0.05) is 24.2 Å². The summed E-state index contributed by atoms with van der Waals surface area (Å²) in [6.07, 6.45) is 4.08. The van der Waals surface area contributed by atoms with Crippen LogP contribution in [0.2, 0.25) is 0 Å². The van der Waals surface area contributed by atoms with Crippen LogP contribution in [0.25, 0.3) is 10.9 Å². The van der Waals surface area contributed by atoms with Crippen molar-refractivity contribution in [3.8, 4) is 0 Å². The molecule has 1 aliphatic rings. The molecule has 1 amide bonds. The summed E-state index contributed by atoms with van der Waals surface area (Å²) in [5.41, 5.74) is 7.34. The van der Waals surface area contributed by atoms with Crippen LogP contribution in [0.3, 0.4) is 0 Å². The van der Waals surface area contributed by atoms with Crippen molar-refractivity contribution in [2.24, 2.45) is 11.7 Å². The topological polar surface area (TPSA) is 68.0 Å². The van der Waals surface area contributed by atoms with E-state index < -0.39 is 0 Å². The third kappa shape index (κ3) is 2.58. The Labute approximate surface area is 112 Å². The van der Waals surface area contributed by atoms with Crippen molar-refractivity contribution < 1.29 is 4.79 Å². The molecule has 1 aromatic heterocycles. The van der Waals surface area contributed by atoms with Crippen LogP contribution < -0.4 is 11.1 Å². The van der Waals surface area contributed by atoms with Crippen LogP contribution in [0, 0.1) is 5.92 Å². The highest BCUT2D eigenvalue weighted by atomic mass is 16.1. The zero-order valence-electron chi connectivity index (χ0n) is 10.7. The molecule has 3 rings (SSSR count). The van der Waals surface area contributed by atoms with Gasteiger partial charge in [-0.3, -0.25) is 9.78 Å². The highest BCUT2D eigenvalue weighted by Crippen LogP contribution is 2.31. The predicted octanol–water partition coefficient (Wildman–Crippen LogP) is 1.70. The Bertz CT molecular complexity index is 602. The number of benzene rings is 1. The molecule has 4 nitrogen and oxygen atoms in total. The minimum atomic E-state index is -0.0969. The van der Waals surface area contributed by atoms with Gasteiger partial charge in [-0.15, -0.1) is 0 Å². The number of hydrogen-bond donors (Lipinski definition) is 2. The van der Waals surface area contributed by atoms with Crippen LogP contribution in [-0.4, -0.2) is 23.5 Å². The monoisotopic (exact) mass is 255 g/mol. The van der Waals surface area contributed by atoms with Gasteiger partial charge in [-0.25, -0.2) is 0 Å². The Morgan fingerprint density at radius 1 is 1.37 bits per heavy atom. The molecule has 0 radical (unpaired) electrons. The van der Waals surface area contributed by atoms with Gasteiger partial charge >= 0.3 is 0 Å². The molecular weight excluding hydrogens is 238 g/mol. The SMILES string of the molecule is NC(CNC(=O)c1cccc2cccnc12)C1CC1. The maximum absolute atomic E-state index is 12.2. The first-order valence-electron chi connectivity index (χ1n) is 6.63. The molecule has 2 aromatic rings. The van der Waals surface area contributed by atoms with Crippen molar-refractivity contribution in [1.29, 1.82) is 0 Å². The number of pyridine rings is 1. The number of rotatable bonds is 4. The van der Waals surface area contributed by atoms with Crippen molar-refractivity contribution in [3.05, 3.63) is 42.1 Å². The van der Waals surface area contributed by atoms with E-state index in [-0.39, 0.29) is 11.9 Å². The summed E-state index contributed by atoms with van der Waals surface area (Å²) in [7, 11) is 0. The quantitative estimate of drug-likeness (QED) is 0.873. The fraction of sp³-hybridized carbons (Fsp3) is 0.333. The third-order valence-corrected chi connectivity index (χ3v) is 3.60. The lowest BCUT2D eigenvalue weighted by molar-refractivity contribution is 0.0952. The molecule has 1 atom stereocenters. The lowest BCUT2D eigenvalue weighted by atomic mass is 10.1. The fourth-order valence-corrected chi connectivity index (χ4v) is 2.28. The maximum atomic E-state index is 12.2. The largest absolute Gasteiger partial charge is 0.350 e. The first kappa shape index (κ1) is 12.1. The van der Waals surface area contributed by atoms with Crippen molar-refractivity contribution in [2.45, 2.75) is 18.9 Å². The Morgan fingerprint density at radius 3 is 2.95 bits per heavy atom. The van der Waals surface area contributed by atoms with Gasteiger partial charge in [0.15, 0.2) is 0 Å². The van der Waals surface area contributed by atoms with Gasteiger partial charge in [-0.2, -0.15) is 0 Å². The molecule has 1 saturated carbocycles. The van der Waals surface area contributed by atoms with Crippen LogP contribution in [0.4, 0.5) is 0 Å². The molecular formula is C15H17N3O. The summed E-state index contributed by atoms with van der Waals surface area (Å²) < 4.78 is 0. The fourth-order valence-electron chi connectivity index (χ4n) is 2.28. The van der Waals surface area contributed by atoms with Crippen LogP contribution in [0.5, 0.6) is 0 Å². The van der Waals surface area contributed by atoms with Gasteiger partial charge in [-0.1, -0.05) is 18.2 Å². The Morgan fingerprint density at radius 2 is 2.16 bits per heavy atom. The summed E-state index contributed by atoms with van der Waals surface area (Å²) in [6.45, 7) is 0.534. The van der Waals surface area contributed by atoms with Crippen molar-refractivity contribution in [2.75, 3.05) is 6.54 Å². The second kappa shape index (κ2) is 4.97. The molecule has 1 fully saturated rings. The summed E-state index contributed by atoms with van der Waals surface area (Å²) >= 11 is 0. The highest BCUT2D eigenvalue weighted by molar-refractivity contribution is 6.05. The normalized spacial score (nSPS) is 16.3. The summed E-state index contributed by atoms with van der Waals surface area (Å²) in [6, 6.07) is 9.52. The molecule has 19 heavy (non-hydrogen) atoms. The minimum absolute atomic E-state index is 0.0758. The molecule has 1 heterocycles. The van der Waals surface area contributed by atoms with E-state index in [1.165, 1.54) is 12.8 Å². The van der Waals surface area contributed by atoms with E-state index >= 15 is 0 Å². The summed E-state index contributed by atoms with van der Waals surface area (Å²) in [4.78, 5) is 16.5. The average molecular weight is 255 g/mol. The van der Waals surface area contributed by atoms with E-state index in [2.05, 4.69) is 10.3 Å². The molecule has 1 aliphatic carbocycles. The van der Waals surface area contributed by atoms with E-state index in [1.54, 1.807) is 12.3 Å². The second-order valence-corrected chi connectivity index (χ2v) is 5.09. The number of aromatic nitrogens is 1. The third-order valence-electron chi connectivity index (χ3n) is 3.60. The standard InChI is InChI=1S/C15H17N3O/c16-13(10-6-7-10)9-18-15(19)12-5-1-3-11-4-2-8-17-14(11)12/h1-5,8,10,13H,6-7,9,16H2,(H,18,19). The maximum Gasteiger partial charge on any atom is 0.253 e. The number of nitrogens with zero attached hydrogens (tertiary/aromatic N) is 1. The van der Waals surface area contributed by atoms with Crippen molar-refractivity contribution >= 4 is 16.8 Å². The summed E-state index contributed by atoms with van der Waals surface area (Å²) in [5.74, 6) is 0.492. The molecule has 1 unspecified atom stereocenters. The number of carbonyl (C=O) groups excluding carboxylic acids is 1. The molecule has 4 heteroatoms. The number of nitrogens with one attached hydrogen (secondary N) is 1. The van der Waals surface area contributed by atoms with Crippen LogP contribution in [0.1, 0.15) is 23.2 Å². The van der Waals surface area contributed by atoms with Crippen LogP contribution in [-0.2, 0) is 0 Å². The second-order valence-electron chi connectivity index (χ2n) is 5.09. The predicted molar refractivity (Wildman–Crippen MR) is 74.8 cm³/mol.